The number of nitrogens with zero attached hydrogens (tertiary/aromatic N) is 3. The average Bonchev–Trinajstić information content (AvgIpc) is 3.92. The lowest BCUT2D eigenvalue weighted by atomic mass is 9.91. The number of aromatic nitrogens is 2. The molecule has 12 rings (SSSR count). The first-order chi connectivity index (χ1) is 28.8. The van der Waals surface area contributed by atoms with Crippen molar-refractivity contribution in [3.8, 4) is 34.0 Å². The van der Waals surface area contributed by atoms with Crippen molar-refractivity contribution in [3.05, 3.63) is 218 Å². The van der Waals surface area contributed by atoms with E-state index in [0.29, 0.717) is 0 Å². The summed E-state index contributed by atoms with van der Waals surface area (Å²) < 4.78 is 10.9. The highest BCUT2D eigenvalue weighted by Crippen LogP contribution is 2.49. The van der Waals surface area contributed by atoms with Crippen LogP contribution in [0.25, 0.3) is 66.1 Å². The number of para-hydroxylation sites is 4. The average molecular weight is 744 g/mol. The van der Waals surface area contributed by atoms with Gasteiger partial charge in [-0.25, -0.2) is 0 Å². The molecule has 8 aromatic carbocycles. The standard InChI is InChI=1S/C54H37N3O/c1-3-13-38(14-4-1)55-50-21-11-9-19-45(50)48-35-40(27-32-54(48)55)57-51-22-12-8-18-44(51)47-34-37(24-31-53(47)57)36-23-30-52-46(33-36)43-17-7-10-20-49(43)56(52)39-25-28-42(29-26-39)58-41-15-5-2-6-16-41/h1-35,45,50H. The van der Waals surface area contributed by atoms with Gasteiger partial charge in [0.15, 0.2) is 0 Å². The molecule has 1 aliphatic carbocycles. The van der Waals surface area contributed by atoms with E-state index in [1.807, 2.05) is 42.5 Å². The predicted octanol–water partition coefficient (Wildman–Crippen LogP) is 14.1. The zero-order valence-electron chi connectivity index (χ0n) is 31.6. The molecule has 0 N–H and O–H groups in total. The highest BCUT2D eigenvalue weighted by atomic mass is 16.5. The van der Waals surface area contributed by atoms with E-state index in [1.54, 1.807) is 0 Å². The summed E-state index contributed by atoms with van der Waals surface area (Å²) in [7, 11) is 0. The highest BCUT2D eigenvalue weighted by Gasteiger charge is 2.37. The van der Waals surface area contributed by atoms with Crippen LogP contribution in [-0.4, -0.2) is 15.2 Å². The number of hydrogen-bond donors (Lipinski definition) is 0. The summed E-state index contributed by atoms with van der Waals surface area (Å²) in [5, 5.41) is 4.96. The maximum absolute atomic E-state index is 6.11. The fraction of sp³-hybridized carbons (Fsp3) is 0.0370. The topological polar surface area (TPSA) is 22.3 Å². The molecule has 2 aliphatic rings. The van der Waals surface area contributed by atoms with E-state index >= 15 is 0 Å². The van der Waals surface area contributed by atoms with Gasteiger partial charge in [0.1, 0.15) is 11.5 Å². The Morgan fingerprint density at radius 1 is 0.379 bits per heavy atom. The Bertz CT molecular complexity index is 3260. The summed E-state index contributed by atoms with van der Waals surface area (Å²) in [6, 6.07) is 67.8. The monoisotopic (exact) mass is 743 g/mol. The van der Waals surface area contributed by atoms with Gasteiger partial charge in [0.25, 0.3) is 0 Å². The molecular formula is C54H37N3O. The molecule has 4 nitrogen and oxygen atoms in total. The van der Waals surface area contributed by atoms with Crippen LogP contribution in [0.1, 0.15) is 11.5 Å². The van der Waals surface area contributed by atoms with Gasteiger partial charge in [-0.15, -0.1) is 0 Å². The Kier molecular flexibility index (Phi) is 7.32. The van der Waals surface area contributed by atoms with Crippen molar-refractivity contribution in [2.75, 3.05) is 4.90 Å². The van der Waals surface area contributed by atoms with Crippen LogP contribution >= 0.6 is 0 Å². The fourth-order valence-corrected chi connectivity index (χ4v) is 9.51. The molecule has 4 heteroatoms. The van der Waals surface area contributed by atoms with Crippen LogP contribution in [0, 0.1) is 0 Å². The fourth-order valence-electron chi connectivity index (χ4n) is 9.51. The van der Waals surface area contributed by atoms with Gasteiger partial charge in [0.05, 0.1) is 28.1 Å². The minimum Gasteiger partial charge on any atom is -0.457 e. The molecule has 2 unspecified atom stereocenters. The largest absolute Gasteiger partial charge is 0.457 e. The number of fused-ring (bicyclic) bond motifs is 9. The molecule has 0 bridgehead atoms. The molecule has 0 saturated heterocycles. The van der Waals surface area contributed by atoms with Gasteiger partial charge in [0.2, 0.25) is 0 Å². The lowest BCUT2D eigenvalue weighted by molar-refractivity contribution is 0.482. The summed E-state index contributed by atoms with van der Waals surface area (Å²) in [5.41, 5.74) is 13.3. The first kappa shape index (κ1) is 32.7. The number of hydrogen-bond acceptors (Lipinski definition) is 2. The van der Waals surface area contributed by atoms with Gasteiger partial charge < -0.3 is 18.8 Å². The third-order valence-corrected chi connectivity index (χ3v) is 12.1. The molecule has 274 valence electrons. The van der Waals surface area contributed by atoms with Crippen molar-refractivity contribution in [2.24, 2.45) is 0 Å². The van der Waals surface area contributed by atoms with Crippen molar-refractivity contribution in [1.82, 2.24) is 9.13 Å². The summed E-state index contributed by atoms with van der Waals surface area (Å²) in [6.07, 6.45) is 9.09. The minimum atomic E-state index is 0.254. The second-order valence-electron chi connectivity index (χ2n) is 15.3. The van der Waals surface area contributed by atoms with Crippen LogP contribution in [0.2, 0.25) is 0 Å². The van der Waals surface area contributed by atoms with E-state index < -0.39 is 0 Å². The van der Waals surface area contributed by atoms with Gasteiger partial charge in [0, 0.05) is 50.2 Å². The number of rotatable bonds is 6. The second-order valence-corrected chi connectivity index (χ2v) is 15.3. The SMILES string of the molecule is C1=CC2c3cc(-n4c5ccccc5c5cc(-c6ccc7c(c6)c6ccccc6n7-c6ccc(Oc7ccccc7)cc6)ccc54)ccc3N(c3ccccc3)C2C=C1. The quantitative estimate of drug-likeness (QED) is 0.169. The van der Waals surface area contributed by atoms with Crippen molar-refractivity contribution < 1.29 is 4.74 Å². The zero-order chi connectivity index (χ0) is 38.2. The van der Waals surface area contributed by atoms with Crippen LogP contribution in [0.3, 0.4) is 0 Å². The third kappa shape index (κ3) is 5.08. The maximum atomic E-state index is 6.11. The summed E-state index contributed by atoms with van der Waals surface area (Å²) in [6.45, 7) is 0. The molecule has 58 heavy (non-hydrogen) atoms. The lowest BCUT2D eigenvalue weighted by Gasteiger charge is -2.28. The van der Waals surface area contributed by atoms with Gasteiger partial charge in [-0.2, -0.15) is 0 Å². The van der Waals surface area contributed by atoms with E-state index in [2.05, 4.69) is 184 Å². The Morgan fingerprint density at radius 3 is 1.59 bits per heavy atom. The van der Waals surface area contributed by atoms with E-state index in [1.165, 1.54) is 77.4 Å². The van der Waals surface area contributed by atoms with Crippen molar-refractivity contribution in [2.45, 2.75) is 12.0 Å². The van der Waals surface area contributed by atoms with Crippen LogP contribution < -0.4 is 9.64 Å². The molecule has 10 aromatic rings. The Hall–Kier alpha value is -7.56. The summed E-state index contributed by atoms with van der Waals surface area (Å²) >= 11 is 0. The molecule has 0 saturated carbocycles. The van der Waals surface area contributed by atoms with Crippen molar-refractivity contribution >= 4 is 55.0 Å². The number of allylic oxidation sites excluding steroid dienone is 2. The van der Waals surface area contributed by atoms with Gasteiger partial charge in [-0.1, -0.05) is 109 Å². The number of ether oxygens (including phenoxy) is 1. The van der Waals surface area contributed by atoms with Gasteiger partial charge in [-0.3, -0.25) is 0 Å². The first-order valence-electron chi connectivity index (χ1n) is 20.0. The molecule has 0 radical (unpaired) electrons. The van der Waals surface area contributed by atoms with Crippen LogP contribution in [0.5, 0.6) is 11.5 Å². The molecule has 3 heterocycles. The van der Waals surface area contributed by atoms with E-state index in [4.69, 9.17) is 4.74 Å². The molecule has 0 spiro atoms. The van der Waals surface area contributed by atoms with Crippen LogP contribution in [-0.2, 0) is 0 Å². The zero-order valence-corrected chi connectivity index (χ0v) is 31.6. The van der Waals surface area contributed by atoms with Gasteiger partial charge >= 0.3 is 0 Å². The second kappa shape index (κ2) is 13.0. The van der Waals surface area contributed by atoms with E-state index in [0.717, 1.165) is 17.2 Å². The summed E-state index contributed by atoms with van der Waals surface area (Å²) in [4.78, 5) is 2.49. The first-order valence-corrected chi connectivity index (χ1v) is 20.0. The van der Waals surface area contributed by atoms with Crippen LogP contribution in [0.4, 0.5) is 11.4 Å². The molecular weight excluding hydrogens is 707 g/mol. The van der Waals surface area contributed by atoms with E-state index in [-0.39, 0.29) is 12.0 Å². The molecule has 2 aromatic heterocycles. The Balaban J connectivity index is 0.951. The maximum Gasteiger partial charge on any atom is 0.127 e. The Labute approximate surface area is 336 Å². The molecule has 0 fully saturated rings. The lowest BCUT2D eigenvalue weighted by Crippen LogP contribution is -2.28. The van der Waals surface area contributed by atoms with Crippen molar-refractivity contribution in [1.29, 1.82) is 0 Å². The molecule has 1 aliphatic heterocycles. The smallest absolute Gasteiger partial charge is 0.127 e. The summed E-state index contributed by atoms with van der Waals surface area (Å²) in [5.74, 6) is 1.93. The highest BCUT2D eigenvalue weighted by molar-refractivity contribution is 6.12. The third-order valence-electron chi connectivity index (χ3n) is 12.1. The van der Waals surface area contributed by atoms with E-state index in [9.17, 15) is 0 Å². The van der Waals surface area contributed by atoms with Crippen LogP contribution in [0.15, 0.2) is 212 Å². The minimum absolute atomic E-state index is 0.254. The Morgan fingerprint density at radius 2 is 0.914 bits per heavy atom. The predicted molar refractivity (Wildman–Crippen MR) is 240 cm³/mol. The normalized spacial score (nSPS) is 15.8. The number of anilines is 2. The number of benzene rings is 8. The molecule has 0 amide bonds. The molecule has 2 atom stereocenters. The van der Waals surface area contributed by atoms with Crippen molar-refractivity contribution in [3.63, 3.8) is 0 Å². The van der Waals surface area contributed by atoms with Gasteiger partial charge in [-0.05, 0) is 120 Å².